The highest BCUT2D eigenvalue weighted by Crippen LogP contribution is 2.22. The Kier molecular flexibility index (Phi) is 6.22. The summed E-state index contributed by atoms with van der Waals surface area (Å²) >= 11 is 0. The van der Waals surface area contributed by atoms with Gasteiger partial charge in [0.15, 0.2) is 6.61 Å². The van der Waals surface area contributed by atoms with E-state index in [0.717, 1.165) is 0 Å². The Morgan fingerprint density at radius 2 is 1.34 bits per heavy atom. The van der Waals surface area contributed by atoms with Gasteiger partial charge in [-0.05, 0) is 60.7 Å². The molecule has 29 heavy (non-hydrogen) atoms. The van der Waals surface area contributed by atoms with Crippen LogP contribution in [0.2, 0.25) is 0 Å². The van der Waals surface area contributed by atoms with Gasteiger partial charge >= 0.3 is 5.97 Å². The van der Waals surface area contributed by atoms with E-state index in [4.69, 9.17) is 15.2 Å². The van der Waals surface area contributed by atoms with Gasteiger partial charge in [0.2, 0.25) is 5.91 Å². The molecule has 3 aromatic rings. The highest BCUT2D eigenvalue weighted by Gasteiger charge is 2.11. The molecule has 0 bridgehead atoms. The molecular weight excluding hydrogens is 372 g/mol. The number of primary amides is 1. The minimum absolute atomic E-state index is 0.213. The molecule has 7 nitrogen and oxygen atoms in total. The zero-order valence-corrected chi connectivity index (χ0v) is 15.3. The van der Waals surface area contributed by atoms with Crippen molar-refractivity contribution in [1.82, 2.24) is 0 Å². The van der Waals surface area contributed by atoms with Crippen LogP contribution in [0.5, 0.6) is 11.5 Å². The smallest absolute Gasteiger partial charge is 0.338 e. The van der Waals surface area contributed by atoms with Crippen LogP contribution in [0, 0.1) is 0 Å². The van der Waals surface area contributed by atoms with E-state index < -0.39 is 24.4 Å². The topological polar surface area (TPSA) is 108 Å². The van der Waals surface area contributed by atoms with Gasteiger partial charge in [0, 0.05) is 11.3 Å². The molecule has 0 aliphatic carbocycles. The maximum absolute atomic E-state index is 12.0. The number of ether oxygens (including phenoxy) is 2. The summed E-state index contributed by atoms with van der Waals surface area (Å²) in [5.41, 5.74) is 6.17. The van der Waals surface area contributed by atoms with E-state index in [-0.39, 0.29) is 11.1 Å². The van der Waals surface area contributed by atoms with Crippen LogP contribution in [0.3, 0.4) is 0 Å². The number of carbonyl (C=O) groups excluding carboxylic acids is 3. The van der Waals surface area contributed by atoms with Gasteiger partial charge in [-0.15, -0.1) is 0 Å². The van der Waals surface area contributed by atoms with Gasteiger partial charge in [-0.25, -0.2) is 4.79 Å². The zero-order chi connectivity index (χ0) is 20.6. The summed E-state index contributed by atoms with van der Waals surface area (Å²) in [7, 11) is 0. The van der Waals surface area contributed by atoms with E-state index in [2.05, 4.69) is 5.32 Å². The van der Waals surface area contributed by atoms with Crippen LogP contribution in [0.1, 0.15) is 20.7 Å². The van der Waals surface area contributed by atoms with Crippen molar-refractivity contribution in [2.24, 2.45) is 5.73 Å². The van der Waals surface area contributed by atoms with Crippen LogP contribution in [-0.2, 0) is 9.53 Å². The van der Waals surface area contributed by atoms with Crippen LogP contribution in [0.4, 0.5) is 5.69 Å². The first-order valence-corrected chi connectivity index (χ1v) is 8.71. The second-order valence-corrected chi connectivity index (χ2v) is 6.01. The van der Waals surface area contributed by atoms with Crippen molar-refractivity contribution in [2.45, 2.75) is 0 Å². The number of nitrogens with two attached hydrogens (primary N) is 1. The van der Waals surface area contributed by atoms with E-state index in [1.165, 1.54) is 24.3 Å². The highest BCUT2D eigenvalue weighted by molar-refractivity contribution is 5.97. The largest absolute Gasteiger partial charge is 0.457 e. The third-order valence-corrected chi connectivity index (χ3v) is 3.86. The Morgan fingerprint density at radius 3 is 1.97 bits per heavy atom. The molecule has 0 aliphatic heterocycles. The summed E-state index contributed by atoms with van der Waals surface area (Å²) in [6, 6.07) is 21.8. The number of carbonyl (C=O) groups is 3. The average molecular weight is 390 g/mol. The van der Waals surface area contributed by atoms with E-state index >= 15 is 0 Å². The molecule has 0 aliphatic rings. The fourth-order valence-corrected chi connectivity index (χ4v) is 2.41. The van der Waals surface area contributed by atoms with Crippen LogP contribution in [0.15, 0.2) is 78.9 Å². The fourth-order valence-electron chi connectivity index (χ4n) is 2.41. The Balaban J connectivity index is 1.48. The summed E-state index contributed by atoms with van der Waals surface area (Å²) in [6.07, 6.45) is 0. The Labute approximate surface area is 167 Å². The molecule has 2 amide bonds. The van der Waals surface area contributed by atoms with Crippen molar-refractivity contribution in [3.05, 3.63) is 90.0 Å². The lowest BCUT2D eigenvalue weighted by Crippen LogP contribution is -2.21. The van der Waals surface area contributed by atoms with Crippen LogP contribution in [-0.4, -0.2) is 24.4 Å². The number of hydrogen-bond donors (Lipinski definition) is 2. The molecule has 3 rings (SSSR count). The number of hydrogen-bond acceptors (Lipinski definition) is 5. The SMILES string of the molecule is NC(=O)c1ccc(C(=O)OCC(=O)Nc2ccc(Oc3ccccc3)cc2)cc1. The molecule has 0 radical (unpaired) electrons. The molecule has 0 saturated heterocycles. The molecule has 0 unspecified atom stereocenters. The molecule has 0 fully saturated rings. The summed E-state index contributed by atoms with van der Waals surface area (Å²) < 4.78 is 10.7. The monoisotopic (exact) mass is 390 g/mol. The summed E-state index contributed by atoms with van der Waals surface area (Å²) in [5.74, 6) is -0.420. The predicted molar refractivity (Wildman–Crippen MR) is 107 cm³/mol. The first-order chi connectivity index (χ1) is 14.0. The molecule has 0 aromatic heterocycles. The van der Waals surface area contributed by atoms with Crippen LogP contribution < -0.4 is 15.8 Å². The maximum Gasteiger partial charge on any atom is 0.338 e. The molecule has 0 spiro atoms. The normalized spacial score (nSPS) is 10.1. The molecule has 3 aromatic carbocycles. The molecule has 0 heterocycles. The predicted octanol–water partition coefficient (Wildman–Crippen LogP) is 3.37. The van der Waals surface area contributed by atoms with Gasteiger partial charge in [0.25, 0.3) is 5.91 Å². The van der Waals surface area contributed by atoms with Gasteiger partial charge in [-0.2, -0.15) is 0 Å². The molecule has 3 N–H and O–H groups in total. The van der Waals surface area contributed by atoms with E-state index in [9.17, 15) is 14.4 Å². The van der Waals surface area contributed by atoms with E-state index in [1.54, 1.807) is 24.3 Å². The lowest BCUT2D eigenvalue weighted by molar-refractivity contribution is -0.119. The molecule has 7 heteroatoms. The number of esters is 1. The minimum Gasteiger partial charge on any atom is -0.457 e. The number of benzene rings is 3. The van der Waals surface area contributed by atoms with Gasteiger partial charge in [0.05, 0.1) is 5.56 Å². The lowest BCUT2D eigenvalue weighted by atomic mass is 10.1. The van der Waals surface area contributed by atoms with Gasteiger partial charge < -0.3 is 20.5 Å². The number of para-hydroxylation sites is 1. The quantitative estimate of drug-likeness (QED) is 0.602. The highest BCUT2D eigenvalue weighted by atomic mass is 16.5. The third-order valence-electron chi connectivity index (χ3n) is 3.86. The maximum atomic E-state index is 12.0. The first kappa shape index (κ1) is 19.6. The van der Waals surface area contributed by atoms with Gasteiger partial charge in [-0.3, -0.25) is 9.59 Å². The van der Waals surface area contributed by atoms with E-state index in [1.807, 2.05) is 30.3 Å². The van der Waals surface area contributed by atoms with Gasteiger partial charge in [0.1, 0.15) is 11.5 Å². The van der Waals surface area contributed by atoms with Crippen LogP contribution in [0.25, 0.3) is 0 Å². The average Bonchev–Trinajstić information content (AvgIpc) is 2.74. The molecular formula is C22H18N2O5. The van der Waals surface area contributed by atoms with Crippen LogP contribution >= 0.6 is 0 Å². The van der Waals surface area contributed by atoms with Crippen molar-refractivity contribution < 1.29 is 23.9 Å². The standard InChI is InChI=1S/C22H18N2O5/c23-21(26)15-6-8-16(9-7-15)22(27)28-14-20(25)24-17-10-12-19(13-11-17)29-18-4-2-1-3-5-18/h1-13H,14H2,(H2,23,26)(H,24,25). The Bertz CT molecular complexity index is 1000. The minimum atomic E-state index is -0.678. The lowest BCUT2D eigenvalue weighted by Gasteiger charge is -2.09. The van der Waals surface area contributed by atoms with Crippen molar-refractivity contribution in [2.75, 3.05) is 11.9 Å². The summed E-state index contributed by atoms with van der Waals surface area (Å²) in [6.45, 7) is -0.446. The van der Waals surface area contributed by atoms with Crippen molar-refractivity contribution >= 4 is 23.5 Å². The summed E-state index contributed by atoms with van der Waals surface area (Å²) in [5, 5.41) is 2.63. The second kappa shape index (κ2) is 9.18. The first-order valence-electron chi connectivity index (χ1n) is 8.71. The molecule has 0 saturated carbocycles. The Hall–Kier alpha value is -4.13. The van der Waals surface area contributed by atoms with Crippen molar-refractivity contribution in [3.63, 3.8) is 0 Å². The van der Waals surface area contributed by atoms with Crippen molar-refractivity contribution in [3.8, 4) is 11.5 Å². The molecule has 146 valence electrons. The van der Waals surface area contributed by atoms with Crippen molar-refractivity contribution in [1.29, 1.82) is 0 Å². The van der Waals surface area contributed by atoms with E-state index in [0.29, 0.717) is 17.2 Å². The number of nitrogens with one attached hydrogen (secondary N) is 1. The molecule has 0 atom stereocenters. The third kappa shape index (κ3) is 5.67. The van der Waals surface area contributed by atoms with Gasteiger partial charge in [-0.1, -0.05) is 18.2 Å². The zero-order valence-electron chi connectivity index (χ0n) is 15.3. The Morgan fingerprint density at radius 1 is 0.759 bits per heavy atom. The number of anilines is 1. The second-order valence-electron chi connectivity index (χ2n) is 6.01. The number of amides is 2. The summed E-state index contributed by atoms with van der Waals surface area (Å²) in [4.78, 5) is 35.0. The number of rotatable bonds is 7. The fraction of sp³-hybridized carbons (Fsp3) is 0.0455.